The quantitative estimate of drug-likeness (QED) is 0.939. The molecule has 0 unspecified atom stereocenters. The number of hydrogen-bond acceptors (Lipinski definition) is 2. The number of nitrogens with two attached hydrogens (primary N) is 1. The Labute approximate surface area is 101 Å². The first kappa shape index (κ1) is 11.4. The van der Waals surface area contributed by atoms with Crippen LogP contribution in [0.2, 0.25) is 0 Å². The Morgan fingerprint density at radius 3 is 2.62 bits per heavy atom. The predicted molar refractivity (Wildman–Crippen MR) is 63.5 cm³/mol. The van der Waals surface area contributed by atoms with E-state index < -0.39 is 0 Å². The lowest BCUT2D eigenvalue weighted by molar-refractivity contribution is 0.472. The van der Waals surface area contributed by atoms with Crippen LogP contribution in [0, 0.1) is 5.82 Å². The van der Waals surface area contributed by atoms with Crippen molar-refractivity contribution >= 4 is 15.9 Å². The van der Waals surface area contributed by atoms with E-state index in [0.717, 1.165) is 10.2 Å². The summed E-state index contributed by atoms with van der Waals surface area (Å²) in [4.78, 5) is 0. The Morgan fingerprint density at radius 1 is 1.19 bits per heavy atom. The molecule has 0 saturated heterocycles. The summed E-state index contributed by atoms with van der Waals surface area (Å²) in [7, 11) is 0. The summed E-state index contributed by atoms with van der Waals surface area (Å²) in [5.74, 6) is 1.21. The second-order valence-corrected chi connectivity index (χ2v) is 4.40. The van der Waals surface area contributed by atoms with Gasteiger partial charge in [-0.2, -0.15) is 0 Å². The summed E-state index contributed by atoms with van der Waals surface area (Å²) in [6.45, 7) is 0.362. The van der Waals surface area contributed by atoms with E-state index in [1.165, 1.54) is 6.07 Å². The number of hydrogen-bond donors (Lipinski definition) is 1. The van der Waals surface area contributed by atoms with Crippen molar-refractivity contribution in [3.8, 4) is 0 Å². The minimum Gasteiger partial charge on any atom is -0.464 e. The summed E-state index contributed by atoms with van der Waals surface area (Å²) in [6.07, 6.45) is 0.436. The lowest BCUT2D eigenvalue weighted by Gasteiger charge is -2.01. The highest BCUT2D eigenvalue weighted by Crippen LogP contribution is 2.19. The van der Waals surface area contributed by atoms with Crippen molar-refractivity contribution in [3.63, 3.8) is 0 Å². The van der Waals surface area contributed by atoms with Crippen LogP contribution in [0.4, 0.5) is 4.39 Å². The molecule has 2 N–H and O–H groups in total. The normalized spacial score (nSPS) is 10.7. The maximum Gasteiger partial charge on any atom is 0.126 e. The van der Waals surface area contributed by atoms with Crippen molar-refractivity contribution in [1.82, 2.24) is 0 Å². The summed E-state index contributed by atoms with van der Waals surface area (Å²) >= 11 is 3.31. The molecule has 0 radical (unpaired) electrons. The van der Waals surface area contributed by atoms with Gasteiger partial charge in [0.25, 0.3) is 0 Å². The van der Waals surface area contributed by atoms with E-state index in [1.807, 2.05) is 12.1 Å². The summed E-state index contributed by atoms with van der Waals surface area (Å²) < 4.78 is 19.7. The molecular weight excluding hydrogens is 273 g/mol. The molecule has 0 aliphatic rings. The van der Waals surface area contributed by atoms with Crippen LogP contribution in [0.3, 0.4) is 0 Å². The van der Waals surface area contributed by atoms with Gasteiger partial charge in [-0.05, 0) is 35.9 Å². The SMILES string of the molecule is NCc1ccc(Cc2cc(Br)ccc2F)o1. The van der Waals surface area contributed by atoms with Crippen LogP contribution in [0.15, 0.2) is 39.2 Å². The van der Waals surface area contributed by atoms with Crippen LogP contribution in [0.5, 0.6) is 0 Å². The van der Waals surface area contributed by atoms with Crippen molar-refractivity contribution in [2.75, 3.05) is 0 Å². The molecule has 2 aromatic rings. The van der Waals surface area contributed by atoms with Gasteiger partial charge in [-0.25, -0.2) is 4.39 Å². The Balaban J connectivity index is 2.22. The van der Waals surface area contributed by atoms with Crippen LogP contribution in [0.25, 0.3) is 0 Å². The fraction of sp³-hybridized carbons (Fsp3) is 0.167. The molecule has 1 aromatic carbocycles. The van der Waals surface area contributed by atoms with Crippen molar-refractivity contribution in [3.05, 3.63) is 57.7 Å². The van der Waals surface area contributed by atoms with E-state index in [0.29, 0.717) is 24.3 Å². The monoisotopic (exact) mass is 283 g/mol. The molecule has 16 heavy (non-hydrogen) atoms. The van der Waals surface area contributed by atoms with Gasteiger partial charge < -0.3 is 10.2 Å². The van der Waals surface area contributed by atoms with Crippen molar-refractivity contribution in [2.45, 2.75) is 13.0 Å². The molecule has 84 valence electrons. The first-order valence-corrected chi connectivity index (χ1v) is 5.70. The minimum absolute atomic E-state index is 0.228. The van der Waals surface area contributed by atoms with Crippen molar-refractivity contribution in [1.29, 1.82) is 0 Å². The van der Waals surface area contributed by atoms with Gasteiger partial charge in [0.05, 0.1) is 6.54 Å². The van der Waals surface area contributed by atoms with Gasteiger partial charge in [0, 0.05) is 10.9 Å². The van der Waals surface area contributed by atoms with Crippen LogP contribution >= 0.6 is 15.9 Å². The molecule has 1 aromatic heterocycles. The molecule has 0 aliphatic carbocycles. The molecular formula is C12H11BrFNO. The molecule has 0 bridgehead atoms. The zero-order chi connectivity index (χ0) is 11.5. The molecule has 0 saturated carbocycles. The zero-order valence-electron chi connectivity index (χ0n) is 8.54. The highest BCUT2D eigenvalue weighted by atomic mass is 79.9. The fourth-order valence-corrected chi connectivity index (χ4v) is 1.90. The molecule has 0 amide bonds. The highest BCUT2D eigenvalue weighted by molar-refractivity contribution is 9.10. The summed E-state index contributed by atoms with van der Waals surface area (Å²) in [6, 6.07) is 8.49. The molecule has 0 spiro atoms. The smallest absolute Gasteiger partial charge is 0.126 e. The Bertz CT molecular complexity index is 496. The van der Waals surface area contributed by atoms with E-state index in [2.05, 4.69) is 15.9 Å². The van der Waals surface area contributed by atoms with Gasteiger partial charge in [-0.3, -0.25) is 0 Å². The minimum atomic E-state index is -0.228. The zero-order valence-corrected chi connectivity index (χ0v) is 10.1. The molecule has 2 nitrogen and oxygen atoms in total. The van der Waals surface area contributed by atoms with E-state index in [9.17, 15) is 4.39 Å². The van der Waals surface area contributed by atoms with E-state index in [4.69, 9.17) is 10.2 Å². The third-order valence-corrected chi connectivity index (χ3v) is 2.78. The van der Waals surface area contributed by atoms with Gasteiger partial charge in [0.2, 0.25) is 0 Å². The number of furan rings is 1. The average molecular weight is 284 g/mol. The summed E-state index contributed by atoms with van der Waals surface area (Å²) in [5, 5.41) is 0. The van der Waals surface area contributed by atoms with Crippen molar-refractivity contribution < 1.29 is 8.81 Å². The van der Waals surface area contributed by atoms with Crippen LogP contribution < -0.4 is 5.73 Å². The first-order chi connectivity index (χ1) is 7.69. The second kappa shape index (κ2) is 4.80. The maximum absolute atomic E-state index is 13.5. The molecule has 2 rings (SSSR count). The average Bonchev–Trinajstić information content (AvgIpc) is 2.71. The van der Waals surface area contributed by atoms with Crippen LogP contribution in [0.1, 0.15) is 17.1 Å². The number of rotatable bonds is 3. The Hall–Kier alpha value is -1.13. The van der Waals surface area contributed by atoms with E-state index in [-0.39, 0.29) is 5.82 Å². The first-order valence-electron chi connectivity index (χ1n) is 4.90. The standard InChI is InChI=1S/C12H11BrFNO/c13-9-1-4-12(14)8(5-9)6-10-2-3-11(7-15)16-10/h1-5H,6-7,15H2. The van der Waals surface area contributed by atoms with Crippen molar-refractivity contribution in [2.24, 2.45) is 5.73 Å². The molecule has 0 fully saturated rings. The topological polar surface area (TPSA) is 39.2 Å². The predicted octanol–water partition coefficient (Wildman–Crippen LogP) is 3.23. The molecule has 1 heterocycles. The third-order valence-electron chi connectivity index (χ3n) is 2.29. The van der Waals surface area contributed by atoms with Gasteiger partial charge in [-0.15, -0.1) is 0 Å². The van der Waals surface area contributed by atoms with Crippen LogP contribution in [-0.4, -0.2) is 0 Å². The van der Waals surface area contributed by atoms with E-state index in [1.54, 1.807) is 12.1 Å². The molecule has 0 aliphatic heterocycles. The van der Waals surface area contributed by atoms with Gasteiger partial charge in [-0.1, -0.05) is 15.9 Å². The summed E-state index contributed by atoms with van der Waals surface area (Å²) in [5.41, 5.74) is 6.04. The second-order valence-electron chi connectivity index (χ2n) is 3.48. The Kier molecular flexibility index (Phi) is 3.41. The van der Waals surface area contributed by atoms with Gasteiger partial charge in [0.1, 0.15) is 17.3 Å². The maximum atomic E-state index is 13.5. The number of benzene rings is 1. The van der Waals surface area contributed by atoms with Gasteiger partial charge >= 0.3 is 0 Å². The highest BCUT2D eigenvalue weighted by Gasteiger charge is 2.07. The lowest BCUT2D eigenvalue weighted by Crippen LogP contribution is -1.94. The largest absolute Gasteiger partial charge is 0.464 e. The molecule has 4 heteroatoms. The third kappa shape index (κ3) is 2.51. The van der Waals surface area contributed by atoms with E-state index >= 15 is 0 Å². The fourth-order valence-electron chi connectivity index (χ4n) is 1.49. The lowest BCUT2D eigenvalue weighted by atomic mass is 10.1. The number of halogens is 2. The van der Waals surface area contributed by atoms with Gasteiger partial charge in [0.15, 0.2) is 0 Å². The Morgan fingerprint density at radius 2 is 1.94 bits per heavy atom. The van der Waals surface area contributed by atoms with Crippen LogP contribution in [-0.2, 0) is 13.0 Å². The molecule has 0 atom stereocenters.